The van der Waals surface area contributed by atoms with E-state index in [1.165, 1.54) is 10.6 Å². The van der Waals surface area contributed by atoms with Crippen LogP contribution in [0.25, 0.3) is 0 Å². The van der Waals surface area contributed by atoms with Gasteiger partial charge in [0.05, 0.1) is 11.6 Å². The van der Waals surface area contributed by atoms with Crippen molar-refractivity contribution in [1.82, 2.24) is 10.3 Å². The molecule has 0 amide bonds. The number of nitrogens with one attached hydrogen (secondary N) is 1. The molecule has 1 aromatic heterocycles. The molecule has 1 N–H and O–H groups in total. The summed E-state index contributed by atoms with van der Waals surface area (Å²) in [5.74, 6) is 0.922. The summed E-state index contributed by atoms with van der Waals surface area (Å²) in [5, 5.41) is 6.62. The Morgan fingerprint density at radius 2 is 2.05 bits per heavy atom. The third kappa shape index (κ3) is 3.78. The van der Waals surface area contributed by atoms with Gasteiger partial charge in [0.2, 0.25) is 0 Å². The fraction of sp³-hybridized carbons (Fsp3) is 0.400. The summed E-state index contributed by atoms with van der Waals surface area (Å²) in [7, 11) is 1.99. The van der Waals surface area contributed by atoms with E-state index in [0.29, 0.717) is 12.6 Å². The minimum absolute atomic E-state index is 0.293. The van der Waals surface area contributed by atoms with Gasteiger partial charge in [0, 0.05) is 23.5 Å². The molecule has 1 heterocycles. The highest BCUT2D eigenvalue weighted by atomic mass is 32.1. The summed E-state index contributed by atoms with van der Waals surface area (Å²) in [6.07, 6.45) is 0.920. The molecule has 2 aromatic rings. The van der Waals surface area contributed by atoms with Crippen LogP contribution in [0.4, 0.5) is 0 Å². The maximum atomic E-state index is 5.47. The Kier molecular flexibility index (Phi) is 4.93. The number of hydrogen-bond acceptors (Lipinski definition) is 4. The Morgan fingerprint density at radius 3 is 2.58 bits per heavy atom. The van der Waals surface area contributed by atoms with Gasteiger partial charge in [-0.3, -0.25) is 0 Å². The first-order valence-corrected chi connectivity index (χ1v) is 7.42. The van der Waals surface area contributed by atoms with Gasteiger partial charge in [-0.05, 0) is 38.6 Å². The summed E-state index contributed by atoms with van der Waals surface area (Å²) in [4.78, 5) is 4.52. The lowest BCUT2D eigenvalue weighted by molar-refractivity contribution is 0.340. The van der Waals surface area contributed by atoms with Gasteiger partial charge in [0.1, 0.15) is 5.75 Å². The zero-order valence-corrected chi connectivity index (χ0v) is 12.5. The number of likely N-dealkylation sites (N-methyl/N-ethyl adjacent to an activating group) is 1. The summed E-state index contributed by atoms with van der Waals surface area (Å²) < 4.78 is 5.47. The SMILES string of the molecule is CCOc1ccc(C(Cc2nc(C)cs2)NC)cc1. The second kappa shape index (κ2) is 6.68. The Balaban J connectivity index is 2.08. The number of benzene rings is 1. The van der Waals surface area contributed by atoms with Crippen LogP contribution >= 0.6 is 11.3 Å². The van der Waals surface area contributed by atoms with Gasteiger partial charge in [0.15, 0.2) is 0 Å². The largest absolute Gasteiger partial charge is 0.494 e. The van der Waals surface area contributed by atoms with Crippen molar-refractivity contribution < 1.29 is 4.74 Å². The number of nitrogens with zero attached hydrogens (tertiary/aromatic N) is 1. The molecule has 1 aromatic carbocycles. The van der Waals surface area contributed by atoms with Crippen LogP contribution in [0, 0.1) is 6.92 Å². The van der Waals surface area contributed by atoms with E-state index in [9.17, 15) is 0 Å². The molecule has 0 fully saturated rings. The minimum atomic E-state index is 0.293. The number of hydrogen-bond donors (Lipinski definition) is 1. The van der Waals surface area contributed by atoms with Crippen molar-refractivity contribution in [1.29, 1.82) is 0 Å². The molecular weight excluding hydrogens is 256 g/mol. The molecule has 0 aliphatic carbocycles. The molecule has 0 aliphatic heterocycles. The van der Waals surface area contributed by atoms with Gasteiger partial charge >= 0.3 is 0 Å². The predicted octanol–water partition coefficient (Wildman–Crippen LogP) is 3.35. The Labute approximate surface area is 118 Å². The van der Waals surface area contributed by atoms with E-state index in [1.807, 2.05) is 33.0 Å². The fourth-order valence-corrected chi connectivity index (χ4v) is 2.84. The minimum Gasteiger partial charge on any atom is -0.494 e. The maximum absolute atomic E-state index is 5.47. The van der Waals surface area contributed by atoms with Crippen LogP contribution in [0.5, 0.6) is 5.75 Å². The van der Waals surface area contributed by atoms with E-state index >= 15 is 0 Å². The van der Waals surface area contributed by atoms with E-state index in [-0.39, 0.29) is 0 Å². The first kappa shape index (κ1) is 14.0. The lowest BCUT2D eigenvalue weighted by Crippen LogP contribution is -2.18. The van der Waals surface area contributed by atoms with Crippen LogP contribution < -0.4 is 10.1 Å². The molecular formula is C15H20N2OS. The van der Waals surface area contributed by atoms with E-state index in [1.54, 1.807) is 11.3 Å². The van der Waals surface area contributed by atoms with Crippen LogP contribution in [0.1, 0.15) is 29.2 Å². The van der Waals surface area contributed by atoms with Crippen molar-refractivity contribution in [3.05, 3.63) is 45.9 Å². The first-order valence-electron chi connectivity index (χ1n) is 6.54. The van der Waals surface area contributed by atoms with Gasteiger partial charge in [0.25, 0.3) is 0 Å². The molecule has 19 heavy (non-hydrogen) atoms. The normalized spacial score (nSPS) is 12.4. The van der Waals surface area contributed by atoms with E-state index in [0.717, 1.165) is 17.9 Å². The third-order valence-corrected chi connectivity index (χ3v) is 3.98. The average molecular weight is 276 g/mol. The Hall–Kier alpha value is -1.39. The van der Waals surface area contributed by atoms with Gasteiger partial charge in [-0.25, -0.2) is 4.98 Å². The molecule has 1 atom stereocenters. The lowest BCUT2D eigenvalue weighted by atomic mass is 10.0. The van der Waals surface area contributed by atoms with Gasteiger partial charge < -0.3 is 10.1 Å². The molecule has 3 nitrogen and oxygen atoms in total. The number of aromatic nitrogens is 1. The highest BCUT2D eigenvalue weighted by Gasteiger charge is 2.12. The van der Waals surface area contributed by atoms with Crippen LogP contribution in [-0.2, 0) is 6.42 Å². The number of ether oxygens (including phenoxy) is 1. The smallest absolute Gasteiger partial charge is 0.119 e. The number of rotatable bonds is 6. The van der Waals surface area contributed by atoms with Crippen LogP contribution in [-0.4, -0.2) is 18.6 Å². The van der Waals surface area contributed by atoms with Gasteiger partial charge in [-0.15, -0.1) is 11.3 Å². The van der Waals surface area contributed by atoms with Gasteiger partial charge in [-0.2, -0.15) is 0 Å². The summed E-state index contributed by atoms with van der Waals surface area (Å²) >= 11 is 1.72. The van der Waals surface area contributed by atoms with E-state index < -0.39 is 0 Å². The van der Waals surface area contributed by atoms with Crippen LogP contribution in [0.3, 0.4) is 0 Å². The van der Waals surface area contributed by atoms with E-state index in [2.05, 4.69) is 27.8 Å². The topological polar surface area (TPSA) is 34.1 Å². The molecule has 0 spiro atoms. The van der Waals surface area contributed by atoms with Gasteiger partial charge in [-0.1, -0.05) is 12.1 Å². The van der Waals surface area contributed by atoms with Crippen molar-refractivity contribution >= 4 is 11.3 Å². The molecule has 1 unspecified atom stereocenters. The molecule has 4 heteroatoms. The summed E-state index contributed by atoms with van der Waals surface area (Å²) in [6.45, 7) is 4.73. The maximum Gasteiger partial charge on any atom is 0.119 e. The van der Waals surface area contributed by atoms with Crippen molar-refractivity contribution in [2.24, 2.45) is 0 Å². The molecule has 0 saturated carbocycles. The van der Waals surface area contributed by atoms with Crippen molar-refractivity contribution in [2.75, 3.05) is 13.7 Å². The summed E-state index contributed by atoms with van der Waals surface area (Å²) in [6, 6.07) is 8.58. The van der Waals surface area contributed by atoms with Crippen molar-refractivity contribution in [3.63, 3.8) is 0 Å². The summed E-state index contributed by atoms with van der Waals surface area (Å²) in [5.41, 5.74) is 2.36. The van der Waals surface area contributed by atoms with Crippen molar-refractivity contribution in [2.45, 2.75) is 26.3 Å². The monoisotopic (exact) mass is 276 g/mol. The van der Waals surface area contributed by atoms with E-state index in [4.69, 9.17) is 4.74 Å². The quantitative estimate of drug-likeness (QED) is 0.878. The highest BCUT2D eigenvalue weighted by molar-refractivity contribution is 7.09. The fourth-order valence-electron chi connectivity index (χ4n) is 2.02. The molecule has 0 bridgehead atoms. The number of thiazole rings is 1. The zero-order chi connectivity index (χ0) is 13.7. The molecule has 102 valence electrons. The molecule has 2 rings (SSSR count). The van der Waals surface area contributed by atoms with Crippen LogP contribution in [0.2, 0.25) is 0 Å². The second-order valence-electron chi connectivity index (χ2n) is 4.43. The standard InChI is InChI=1S/C15H20N2OS/c1-4-18-13-7-5-12(6-8-13)14(16-3)9-15-17-11(2)10-19-15/h5-8,10,14,16H,4,9H2,1-3H3. The predicted molar refractivity (Wildman–Crippen MR) is 80.0 cm³/mol. The van der Waals surface area contributed by atoms with Crippen molar-refractivity contribution in [3.8, 4) is 5.75 Å². The first-order chi connectivity index (χ1) is 9.22. The second-order valence-corrected chi connectivity index (χ2v) is 5.37. The highest BCUT2D eigenvalue weighted by Crippen LogP contribution is 2.22. The zero-order valence-electron chi connectivity index (χ0n) is 11.6. The van der Waals surface area contributed by atoms with Crippen LogP contribution in [0.15, 0.2) is 29.6 Å². The average Bonchev–Trinajstić information content (AvgIpc) is 2.83. The number of aryl methyl sites for hydroxylation is 1. The Bertz CT molecular complexity index is 507. The third-order valence-electron chi connectivity index (χ3n) is 2.99. The lowest BCUT2D eigenvalue weighted by Gasteiger charge is -2.15. The molecule has 0 saturated heterocycles. The molecule has 0 aliphatic rings. The Morgan fingerprint density at radius 1 is 1.32 bits per heavy atom. The molecule has 0 radical (unpaired) electrons.